The molecule has 0 atom stereocenters. The number of carboxylic acids is 1. The lowest BCUT2D eigenvalue weighted by atomic mass is 10.2. The second-order valence-electron chi connectivity index (χ2n) is 3.92. The molecule has 6 nitrogen and oxygen atoms in total. The van der Waals surface area contributed by atoms with E-state index in [9.17, 15) is 4.79 Å². The molecule has 18 heavy (non-hydrogen) atoms. The van der Waals surface area contributed by atoms with Gasteiger partial charge >= 0.3 is 5.97 Å². The van der Waals surface area contributed by atoms with Crippen molar-refractivity contribution in [3.05, 3.63) is 30.1 Å². The van der Waals surface area contributed by atoms with E-state index < -0.39 is 5.97 Å². The van der Waals surface area contributed by atoms with Crippen LogP contribution in [-0.2, 0) is 0 Å². The van der Waals surface area contributed by atoms with Crippen molar-refractivity contribution >= 4 is 5.97 Å². The van der Waals surface area contributed by atoms with Crippen LogP contribution in [0.4, 0.5) is 0 Å². The zero-order chi connectivity index (χ0) is 13.1. The van der Waals surface area contributed by atoms with Gasteiger partial charge in [0, 0.05) is 5.56 Å². The Bertz CT molecular complexity index is 563. The molecule has 0 aliphatic heterocycles. The third kappa shape index (κ3) is 2.65. The molecule has 0 aliphatic rings. The molecular weight excluding hydrogens is 236 g/mol. The van der Waals surface area contributed by atoms with Gasteiger partial charge in [-0.1, -0.05) is 6.07 Å². The van der Waals surface area contributed by atoms with Crippen LogP contribution < -0.4 is 4.74 Å². The maximum atomic E-state index is 10.6. The molecule has 0 amide bonds. The van der Waals surface area contributed by atoms with Gasteiger partial charge in [0.05, 0.1) is 6.10 Å². The molecular formula is C12H12N2O4. The first-order valence-corrected chi connectivity index (χ1v) is 5.40. The van der Waals surface area contributed by atoms with E-state index in [2.05, 4.69) is 10.1 Å². The van der Waals surface area contributed by atoms with Gasteiger partial charge in [-0.3, -0.25) is 0 Å². The Kier molecular flexibility index (Phi) is 3.27. The highest BCUT2D eigenvalue weighted by Gasteiger charge is 2.14. The average Bonchev–Trinajstić information content (AvgIpc) is 2.77. The number of ether oxygens (including phenoxy) is 1. The summed E-state index contributed by atoms with van der Waals surface area (Å²) in [7, 11) is 0. The number of hydrogen-bond acceptors (Lipinski definition) is 5. The molecule has 0 bridgehead atoms. The number of nitrogens with zero attached hydrogens (tertiary/aromatic N) is 2. The number of aromatic carboxylic acids is 1. The summed E-state index contributed by atoms with van der Waals surface area (Å²) >= 11 is 0. The monoisotopic (exact) mass is 248 g/mol. The van der Waals surface area contributed by atoms with Gasteiger partial charge in [-0.15, -0.1) is 0 Å². The molecule has 0 aliphatic carbocycles. The molecule has 0 saturated carbocycles. The molecule has 1 aromatic heterocycles. The van der Waals surface area contributed by atoms with Crippen LogP contribution in [0.15, 0.2) is 28.8 Å². The van der Waals surface area contributed by atoms with Crippen LogP contribution in [0.1, 0.15) is 24.5 Å². The molecule has 2 aromatic rings. The van der Waals surface area contributed by atoms with Crippen LogP contribution >= 0.6 is 0 Å². The van der Waals surface area contributed by atoms with Crippen molar-refractivity contribution in [1.82, 2.24) is 10.1 Å². The average molecular weight is 248 g/mol. The summed E-state index contributed by atoms with van der Waals surface area (Å²) in [6, 6.07) is 7.04. The fraction of sp³-hybridized carbons (Fsp3) is 0.250. The van der Waals surface area contributed by atoms with Crippen LogP contribution in [0, 0.1) is 0 Å². The Hall–Kier alpha value is -2.37. The predicted octanol–water partition coefficient (Wildman–Crippen LogP) is 2.22. The van der Waals surface area contributed by atoms with Gasteiger partial charge in [-0.25, -0.2) is 4.79 Å². The Morgan fingerprint density at radius 1 is 1.44 bits per heavy atom. The first-order chi connectivity index (χ1) is 8.56. The largest absolute Gasteiger partial charge is 0.491 e. The summed E-state index contributed by atoms with van der Waals surface area (Å²) in [4.78, 5) is 14.4. The Morgan fingerprint density at radius 2 is 2.22 bits per heavy atom. The van der Waals surface area contributed by atoms with E-state index in [1.54, 1.807) is 24.3 Å². The minimum Gasteiger partial charge on any atom is -0.491 e. The van der Waals surface area contributed by atoms with E-state index in [0.717, 1.165) is 0 Å². The Morgan fingerprint density at radius 3 is 2.83 bits per heavy atom. The number of benzene rings is 1. The molecule has 0 radical (unpaired) electrons. The lowest BCUT2D eigenvalue weighted by Gasteiger charge is -2.09. The molecule has 0 fully saturated rings. The fourth-order valence-electron chi connectivity index (χ4n) is 1.40. The van der Waals surface area contributed by atoms with Gasteiger partial charge in [0.2, 0.25) is 0 Å². The van der Waals surface area contributed by atoms with Crippen molar-refractivity contribution in [1.29, 1.82) is 0 Å². The van der Waals surface area contributed by atoms with Crippen molar-refractivity contribution in [2.45, 2.75) is 20.0 Å². The van der Waals surface area contributed by atoms with Crippen molar-refractivity contribution in [2.75, 3.05) is 0 Å². The number of aromatic nitrogens is 2. The standard InChI is InChI=1S/C12H12N2O4/c1-7(2)17-9-5-3-4-8(6-9)11-13-10(12(15)16)14-18-11/h3-7H,1-2H3,(H,15,16). The van der Waals surface area contributed by atoms with Gasteiger partial charge in [0.15, 0.2) is 0 Å². The third-order valence-electron chi connectivity index (χ3n) is 2.07. The Labute approximate surface area is 103 Å². The summed E-state index contributed by atoms with van der Waals surface area (Å²) < 4.78 is 10.4. The fourth-order valence-corrected chi connectivity index (χ4v) is 1.40. The third-order valence-corrected chi connectivity index (χ3v) is 2.07. The van der Waals surface area contributed by atoms with E-state index in [1.165, 1.54) is 0 Å². The van der Waals surface area contributed by atoms with Gasteiger partial charge in [0.25, 0.3) is 11.7 Å². The predicted molar refractivity (Wildman–Crippen MR) is 62.5 cm³/mol. The van der Waals surface area contributed by atoms with Crippen LogP contribution in [0.2, 0.25) is 0 Å². The second kappa shape index (κ2) is 4.87. The zero-order valence-corrected chi connectivity index (χ0v) is 9.95. The number of hydrogen-bond donors (Lipinski definition) is 1. The molecule has 1 N–H and O–H groups in total. The van der Waals surface area contributed by atoms with Crippen molar-refractivity contribution in [3.8, 4) is 17.2 Å². The Balaban J connectivity index is 2.29. The SMILES string of the molecule is CC(C)Oc1cccc(-c2nc(C(=O)O)no2)c1. The normalized spacial score (nSPS) is 10.6. The highest BCUT2D eigenvalue weighted by Crippen LogP contribution is 2.23. The molecule has 0 unspecified atom stereocenters. The van der Waals surface area contributed by atoms with E-state index in [4.69, 9.17) is 14.4 Å². The summed E-state index contributed by atoms with van der Waals surface area (Å²) in [5.74, 6) is -0.765. The van der Waals surface area contributed by atoms with E-state index in [1.807, 2.05) is 13.8 Å². The van der Waals surface area contributed by atoms with E-state index >= 15 is 0 Å². The van der Waals surface area contributed by atoms with Crippen molar-refractivity contribution in [3.63, 3.8) is 0 Å². The van der Waals surface area contributed by atoms with Gasteiger partial charge in [-0.05, 0) is 37.2 Å². The number of carboxylic acid groups (broad SMARTS) is 1. The van der Waals surface area contributed by atoms with Gasteiger partial charge in [-0.2, -0.15) is 4.98 Å². The molecule has 0 spiro atoms. The molecule has 2 rings (SSSR count). The smallest absolute Gasteiger partial charge is 0.377 e. The van der Waals surface area contributed by atoms with Crippen molar-refractivity contribution in [2.24, 2.45) is 0 Å². The van der Waals surface area contributed by atoms with E-state index in [-0.39, 0.29) is 17.8 Å². The molecule has 0 saturated heterocycles. The maximum absolute atomic E-state index is 10.6. The molecule has 94 valence electrons. The van der Waals surface area contributed by atoms with Gasteiger partial charge < -0.3 is 14.4 Å². The van der Waals surface area contributed by atoms with Crippen LogP contribution in [0.5, 0.6) is 5.75 Å². The highest BCUT2D eigenvalue weighted by atomic mass is 16.5. The zero-order valence-electron chi connectivity index (χ0n) is 9.95. The minimum absolute atomic E-state index is 0.0533. The quantitative estimate of drug-likeness (QED) is 0.892. The lowest BCUT2D eigenvalue weighted by molar-refractivity contribution is 0.0680. The van der Waals surface area contributed by atoms with Crippen LogP contribution in [-0.4, -0.2) is 27.3 Å². The van der Waals surface area contributed by atoms with Crippen molar-refractivity contribution < 1.29 is 19.2 Å². The van der Waals surface area contributed by atoms with Gasteiger partial charge in [0.1, 0.15) is 5.75 Å². The first-order valence-electron chi connectivity index (χ1n) is 5.40. The molecule has 1 aromatic carbocycles. The number of carbonyl (C=O) groups is 1. The minimum atomic E-state index is -1.22. The summed E-state index contributed by atoms with van der Waals surface area (Å²) in [5.41, 5.74) is 0.619. The summed E-state index contributed by atoms with van der Waals surface area (Å²) in [5, 5.41) is 12.1. The first kappa shape index (κ1) is 12.1. The molecule has 6 heteroatoms. The number of rotatable bonds is 4. The van der Waals surface area contributed by atoms with E-state index in [0.29, 0.717) is 11.3 Å². The van der Waals surface area contributed by atoms with Crippen LogP contribution in [0.25, 0.3) is 11.5 Å². The topological polar surface area (TPSA) is 85.5 Å². The lowest BCUT2D eigenvalue weighted by Crippen LogP contribution is -2.05. The molecule has 1 heterocycles. The second-order valence-corrected chi connectivity index (χ2v) is 3.92. The summed E-state index contributed by atoms with van der Waals surface area (Å²) in [6.07, 6.45) is 0.0533. The summed E-state index contributed by atoms with van der Waals surface area (Å²) in [6.45, 7) is 3.84. The van der Waals surface area contributed by atoms with Crippen LogP contribution in [0.3, 0.4) is 0 Å². The highest BCUT2D eigenvalue weighted by molar-refractivity contribution is 5.83. The maximum Gasteiger partial charge on any atom is 0.377 e.